The second-order valence-electron chi connectivity index (χ2n) is 6.67. The lowest BCUT2D eigenvalue weighted by atomic mass is 10.1. The molecule has 0 aliphatic rings. The summed E-state index contributed by atoms with van der Waals surface area (Å²) in [6, 6.07) is 27.8. The topological polar surface area (TPSA) is 29.3 Å². The molecule has 2 nitrogen and oxygen atoms in total. The number of aryl methyl sites for hydroxylation is 1. The fraction of sp³-hybridized carbons (Fsp3) is 0.217. The Hall–Kier alpha value is -2.58. The van der Waals surface area contributed by atoms with E-state index < -0.39 is 0 Å². The van der Waals surface area contributed by atoms with E-state index in [0.29, 0.717) is 0 Å². The van der Waals surface area contributed by atoms with Gasteiger partial charge in [0, 0.05) is 25.3 Å². The third kappa shape index (κ3) is 5.47. The molecule has 3 rings (SSSR count). The van der Waals surface area contributed by atoms with Crippen molar-refractivity contribution in [1.29, 1.82) is 0 Å². The van der Waals surface area contributed by atoms with Crippen molar-refractivity contribution in [3.05, 3.63) is 101 Å². The molecule has 0 aromatic heterocycles. The zero-order valence-electron chi connectivity index (χ0n) is 14.9. The van der Waals surface area contributed by atoms with Crippen molar-refractivity contribution in [2.45, 2.75) is 26.4 Å². The summed E-state index contributed by atoms with van der Waals surface area (Å²) in [5.74, 6) is 0. The van der Waals surface area contributed by atoms with Crippen LogP contribution in [0.3, 0.4) is 0 Å². The van der Waals surface area contributed by atoms with E-state index in [1.165, 1.54) is 22.3 Å². The molecule has 128 valence electrons. The van der Waals surface area contributed by atoms with Gasteiger partial charge in [0.15, 0.2) is 0 Å². The number of nitrogen functional groups attached to an aromatic ring is 1. The van der Waals surface area contributed by atoms with Crippen LogP contribution in [0.4, 0.5) is 5.69 Å². The summed E-state index contributed by atoms with van der Waals surface area (Å²) in [5.41, 5.74) is 12.0. The van der Waals surface area contributed by atoms with Crippen molar-refractivity contribution in [2.75, 3.05) is 12.3 Å². The molecular formula is C23H26N2. The fourth-order valence-corrected chi connectivity index (χ4v) is 2.98. The van der Waals surface area contributed by atoms with Crippen LogP contribution in [-0.2, 0) is 19.5 Å². The molecule has 2 N–H and O–H groups in total. The molecule has 0 unspecified atom stereocenters. The number of nitrogens with zero attached hydrogens (tertiary/aromatic N) is 1. The van der Waals surface area contributed by atoms with Crippen LogP contribution in [0.5, 0.6) is 0 Å². The quantitative estimate of drug-likeness (QED) is 0.629. The standard InChI is InChI=1S/C23H26N2/c1-19-7-9-22(10-8-19)18-25(17-21-5-3-2-4-6-21)16-15-20-11-13-23(24)14-12-20/h2-14H,15-18,24H2,1H3. The molecule has 3 aromatic rings. The summed E-state index contributed by atoms with van der Waals surface area (Å²) in [7, 11) is 0. The maximum atomic E-state index is 5.79. The summed E-state index contributed by atoms with van der Waals surface area (Å²) >= 11 is 0. The lowest BCUT2D eigenvalue weighted by Crippen LogP contribution is -2.25. The normalized spacial score (nSPS) is 11.0. The number of benzene rings is 3. The maximum absolute atomic E-state index is 5.79. The minimum atomic E-state index is 0.824. The highest BCUT2D eigenvalue weighted by atomic mass is 15.1. The van der Waals surface area contributed by atoms with E-state index in [1.807, 2.05) is 12.1 Å². The van der Waals surface area contributed by atoms with Crippen molar-refractivity contribution >= 4 is 5.69 Å². The summed E-state index contributed by atoms with van der Waals surface area (Å²) in [4.78, 5) is 2.51. The van der Waals surface area contributed by atoms with Crippen molar-refractivity contribution in [2.24, 2.45) is 0 Å². The van der Waals surface area contributed by atoms with Gasteiger partial charge in [0.2, 0.25) is 0 Å². The van der Waals surface area contributed by atoms with Gasteiger partial charge in [-0.05, 0) is 42.2 Å². The van der Waals surface area contributed by atoms with Crippen molar-refractivity contribution < 1.29 is 0 Å². The summed E-state index contributed by atoms with van der Waals surface area (Å²) < 4.78 is 0. The van der Waals surface area contributed by atoms with Gasteiger partial charge in [-0.25, -0.2) is 0 Å². The Labute approximate surface area is 150 Å². The first-order chi connectivity index (χ1) is 12.2. The van der Waals surface area contributed by atoms with E-state index in [2.05, 4.69) is 78.6 Å². The Kier molecular flexibility index (Phi) is 5.86. The van der Waals surface area contributed by atoms with Gasteiger partial charge in [0.25, 0.3) is 0 Å². The van der Waals surface area contributed by atoms with Crippen molar-refractivity contribution in [1.82, 2.24) is 4.90 Å². The largest absolute Gasteiger partial charge is 0.399 e. The molecule has 0 atom stereocenters. The van der Waals surface area contributed by atoms with Gasteiger partial charge in [-0.3, -0.25) is 4.90 Å². The highest BCUT2D eigenvalue weighted by Gasteiger charge is 2.08. The molecule has 2 heteroatoms. The highest BCUT2D eigenvalue weighted by molar-refractivity contribution is 5.39. The van der Waals surface area contributed by atoms with Gasteiger partial charge >= 0.3 is 0 Å². The molecular weight excluding hydrogens is 304 g/mol. The van der Waals surface area contributed by atoms with E-state index in [4.69, 9.17) is 5.73 Å². The van der Waals surface area contributed by atoms with Crippen LogP contribution in [0.15, 0.2) is 78.9 Å². The first-order valence-electron chi connectivity index (χ1n) is 8.85. The first-order valence-corrected chi connectivity index (χ1v) is 8.85. The molecule has 0 amide bonds. The fourth-order valence-electron chi connectivity index (χ4n) is 2.98. The first kappa shape index (κ1) is 17.2. The molecule has 25 heavy (non-hydrogen) atoms. The molecule has 0 fully saturated rings. The van der Waals surface area contributed by atoms with Crippen LogP contribution in [-0.4, -0.2) is 11.4 Å². The van der Waals surface area contributed by atoms with Gasteiger partial charge in [-0.15, -0.1) is 0 Å². The van der Waals surface area contributed by atoms with E-state index in [9.17, 15) is 0 Å². The van der Waals surface area contributed by atoms with Crippen LogP contribution in [0, 0.1) is 6.92 Å². The Morgan fingerprint density at radius 2 is 1.24 bits per heavy atom. The van der Waals surface area contributed by atoms with Crippen molar-refractivity contribution in [3.63, 3.8) is 0 Å². The number of nitrogens with two attached hydrogens (primary N) is 1. The Bertz CT molecular complexity index is 761. The molecule has 0 spiro atoms. The predicted octanol–water partition coefficient (Wildman–Crippen LogP) is 4.82. The number of anilines is 1. The molecule has 0 saturated heterocycles. The van der Waals surface area contributed by atoms with Crippen LogP contribution in [0.1, 0.15) is 22.3 Å². The van der Waals surface area contributed by atoms with E-state index in [1.54, 1.807) is 0 Å². The van der Waals surface area contributed by atoms with E-state index in [0.717, 1.165) is 31.7 Å². The van der Waals surface area contributed by atoms with Gasteiger partial charge in [0.1, 0.15) is 0 Å². The van der Waals surface area contributed by atoms with Gasteiger partial charge in [-0.2, -0.15) is 0 Å². The van der Waals surface area contributed by atoms with Crippen LogP contribution in [0.2, 0.25) is 0 Å². The third-order valence-electron chi connectivity index (χ3n) is 4.47. The van der Waals surface area contributed by atoms with E-state index >= 15 is 0 Å². The lowest BCUT2D eigenvalue weighted by molar-refractivity contribution is 0.260. The Balaban J connectivity index is 1.68. The second-order valence-corrected chi connectivity index (χ2v) is 6.67. The van der Waals surface area contributed by atoms with Crippen LogP contribution in [0.25, 0.3) is 0 Å². The SMILES string of the molecule is Cc1ccc(CN(CCc2ccc(N)cc2)Cc2ccccc2)cc1. The zero-order valence-corrected chi connectivity index (χ0v) is 14.9. The minimum absolute atomic E-state index is 0.824. The molecule has 0 saturated carbocycles. The smallest absolute Gasteiger partial charge is 0.0314 e. The van der Waals surface area contributed by atoms with Gasteiger partial charge < -0.3 is 5.73 Å². The maximum Gasteiger partial charge on any atom is 0.0314 e. The van der Waals surface area contributed by atoms with E-state index in [-0.39, 0.29) is 0 Å². The second kappa shape index (κ2) is 8.50. The summed E-state index contributed by atoms with van der Waals surface area (Å²) in [5, 5.41) is 0. The molecule has 0 bridgehead atoms. The molecule has 0 aliphatic heterocycles. The average molecular weight is 330 g/mol. The van der Waals surface area contributed by atoms with Crippen LogP contribution >= 0.6 is 0 Å². The van der Waals surface area contributed by atoms with Crippen molar-refractivity contribution in [3.8, 4) is 0 Å². The molecule has 3 aromatic carbocycles. The lowest BCUT2D eigenvalue weighted by Gasteiger charge is -2.23. The Morgan fingerprint density at radius 1 is 0.680 bits per heavy atom. The number of hydrogen-bond donors (Lipinski definition) is 1. The zero-order chi connectivity index (χ0) is 17.5. The third-order valence-corrected chi connectivity index (χ3v) is 4.47. The monoisotopic (exact) mass is 330 g/mol. The molecule has 0 heterocycles. The Morgan fingerprint density at radius 3 is 1.88 bits per heavy atom. The molecule has 0 aliphatic carbocycles. The summed E-state index contributed by atoms with van der Waals surface area (Å²) in [6.45, 7) is 5.08. The summed E-state index contributed by atoms with van der Waals surface area (Å²) in [6.07, 6.45) is 1.03. The molecule has 0 radical (unpaired) electrons. The minimum Gasteiger partial charge on any atom is -0.399 e. The van der Waals surface area contributed by atoms with Crippen LogP contribution < -0.4 is 5.73 Å². The number of rotatable bonds is 7. The van der Waals surface area contributed by atoms with Gasteiger partial charge in [0.05, 0.1) is 0 Å². The number of hydrogen-bond acceptors (Lipinski definition) is 2. The average Bonchev–Trinajstić information content (AvgIpc) is 2.64. The van der Waals surface area contributed by atoms with Gasteiger partial charge in [-0.1, -0.05) is 72.3 Å². The predicted molar refractivity (Wildman–Crippen MR) is 106 cm³/mol. The highest BCUT2D eigenvalue weighted by Crippen LogP contribution is 2.13.